The summed E-state index contributed by atoms with van der Waals surface area (Å²) in [5.74, 6) is -1.00. The molecule has 1 aromatic rings. The van der Waals surface area contributed by atoms with Gasteiger partial charge in [-0.15, -0.1) is 0 Å². The third-order valence-electron chi connectivity index (χ3n) is 4.67. The van der Waals surface area contributed by atoms with Crippen LogP contribution in [0.1, 0.15) is 59.4 Å². The first-order valence-electron chi connectivity index (χ1n) is 8.01. The molecule has 0 aromatic heterocycles. The van der Waals surface area contributed by atoms with Gasteiger partial charge < -0.3 is 9.90 Å². The van der Waals surface area contributed by atoms with Crippen LogP contribution in [0.3, 0.4) is 0 Å². The number of benzene rings is 1. The molecule has 0 heterocycles. The van der Waals surface area contributed by atoms with E-state index in [1.54, 1.807) is 0 Å². The molecule has 21 heavy (non-hydrogen) atoms. The summed E-state index contributed by atoms with van der Waals surface area (Å²) in [6.07, 6.45) is 2.31. The molecule has 1 rings (SSSR count). The van der Waals surface area contributed by atoms with E-state index < -0.39 is 11.5 Å². The largest absolute Gasteiger partial charge is 0.548 e. The Labute approximate surface area is 129 Å². The van der Waals surface area contributed by atoms with Crippen LogP contribution in [-0.2, 0) is 10.3 Å². The summed E-state index contributed by atoms with van der Waals surface area (Å²) in [6.45, 7) is 10.3. The van der Waals surface area contributed by atoms with Gasteiger partial charge in [-0.2, -0.15) is 0 Å². The van der Waals surface area contributed by atoms with Crippen molar-refractivity contribution in [3.63, 3.8) is 0 Å². The van der Waals surface area contributed by atoms with Crippen LogP contribution < -0.4 is 5.11 Å². The lowest BCUT2D eigenvalue weighted by Crippen LogP contribution is -2.62. The predicted octanol–water partition coefficient (Wildman–Crippen LogP) is 2.94. The molecule has 0 fully saturated rings. The number of carbonyl (C=O) groups is 1. The molecule has 0 aliphatic rings. The van der Waals surface area contributed by atoms with Gasteiger partial charge >= 0.3 is 0 Å². The third kappa shape index (κ3) is 3.29. The number of carboxylic acids is 1. The Hall–Kier alpha value is -1.35. The summed E-state index contributed by atoms with van der Waals surface area (Å²) < 4.78 is 0. The number of rotatable bonds is 8. The monoisotopic (exact) mass is 290 g/mol. The Morgan fingerprint density at radius 1 is 1.10 bits per heavy atom. The molecule has 0 N–H and O–H groups in total. The van der Waals surface area contributed by atoms with Crippen molar-refractivity contribution in [3.05, 3.63) is 35.9 Å². The van der Waals surface area contributed by atoms with Crippen molar-refractivity contribution in [2.24, 2.45) is 0 Å². The van der Waals surface area contributed by atoms with E-state index in [0.717, 1.165) is 18.4 Å². The summed E-state index contributed by atoms with van der Waals surface area (Å²) in [4.78, 5) is 14.3. The van der Waals surface area contributed by atoms with Gasteiger partial charge in [-0.3, -0.25) is 4.90 Å². The van der Waals surface area contributed by atoms with E-state index in [1.807, 2.05) is 37.3 Å². The molecule has 118 valence electrons. The summed E-state index contributed by atoms with van der Waals surface area (Å²) >= 11 is 0. The van der Waals surface area contributed by atoms with Crippen LogP contribution in [0.5, 0.6) is 0 Å². The molecule has 3 atom stereocenters. The quantitative estimate of drug-likeness (QED) is 0.739. The molecule has 3 unspecified atom stereocenters. The van der Waals surface area contributed by atoms with Crippen LogP contribution in [0.2, 0.25) is 0 Å². The van der Waals surface area contributed by atoms with E-state index in [0.29, 0.717) is 6.42 Å². The maximum absolute atomic E-state index is 12.2. The zero-order chi connectivity index (χ0) is 16.0. The predicted molar refractivity (Wildman–Crippen MR) is 84.8 cm³/mol. The minimum Gasteiger partial charge on any atom is -0.548 e. The molecular formula is C18H28NO2-. The number of hydrogen-bond donors (Lipinski definition) is 0. The van der Waals surface area contributed by atoms with E-state index >= 15 is 0 Å². The van der Waals surface area contributed by atoms with Gasteiger partial charge in [0.25, 0.3) is 0 Å². The highest BCUT2D eigenvalue weighted by Gasteiger charge is 2.42. The van der Waals surface area contributed by atoms with Gasteiger partial charge in [-0.25, -0.2) is 0 Å². The van der Waals surface area contributed by atoms with Crippen molar-refractivity contribution in [2.75, 3.05) is 0 Å². The Balaban J connectivity index is 3.49. The first-order chi connectivity index (χ1) is 9.95. The first kappa shape index (κ1) is 17.7. The van der Waals surface area contributed by atoms with Gasteiger partial charge in [-0.05, 0) is 38.7 Å². The van der Waals surface area contributed by atoms with Crippen molar-refractivity contribution in [3.8, 4) is 0 Å². The number of nitrogens with zero attached hydrogens (tertiary/aromatic N) is 1. The molecule has 0 bridgehead atoms. The second-order valence-corrected chi connectivity index (χ2v) is 5.79. The lowest BCUT2D eigenvalue weighted by atomic mass is 9.82. The van der Waals surface area contributed by atoms with Crippen LogP contribution in [0, 0.1) is 0 Å². The highest BCUT2D eigenvalue weighted by molar-refractivity contribution is 5.79. The van der Waals surface area contributed by atoms with Gasteiger partial charge in [-0.1, -0.05) is 51.1 Å². The summed E-state index contributed by atoms with van der Waals surface area (Å²) in [5.41, 5.74) is -0.250. The van der Waals surface area contributed by atoms with Crippen molar-refractivity contribution >= 4 is 5.97 Å². The summed E-state index contributed by atoms with van der Waals surface area (Å²) in [5, 5.41) is 12.2. The molecule has 0 aliphatic carbocycles. The van der Waals surface area contributed by atoms with Crippen molar-refractivity contribution in [1.82, 2.24) is 4.90 Å². The molecule has 0 saturated carbocycles. The average molecular weight is 290 g/mol. The lowest BCUT2D eigenvalue weighted by molar-refractivity contribution is -0.323. The molecule has 0 spiro atoms. The van der Waals surface area contributed by atoms with Crippen LogP contribution in [0.4, 0.5) is 0 Å². The molecule has 0 radical (unpaired) electrons. The SMILES string of the molecule is CCC(C)N(C(C)CC)C(CC)(C(=O)[O-])c1ccccc1. The van der Waals surface area contributed by atoms with Crippen LogP contribution >= 0.6 is 0 Å². The minimum atomic E-state index is -1.06. The van der Waals surface area contributed by atoms with Crippen LogP contribution in [0.25, 0.3) is 0 Å². The molecular weight excluding hydrogens is 262 g/mol. The van der Waals surface area contributed by atoms with E-state index in [4.69, 9.17) is 0 Å². The molecule has 0 aliphatic heterocycles. The van der Waals surface area contributed by atoms with Gasteiger partial charge in [0.2, 0.25) is 0 Å². The van der Waals surface area contributed by atoms with E-state index in [1.165, 1.54) is 0 Å². The highest BCUT2D eigenvalue weighted by Crippen LogP contribution is 2.36. The normalized spacial score (nSPS) is 17.2. The lowest BCUT2D eigenvalue weighted by Gasteiger charge is -2.50. The topological polar surface area (TPSA) is 43.4 Å². The number of aliphatic carboxylic acids is 1. The van der Waals surface area contributed by atoms with Gasteiger partial charge in [0.15, 0.2) is 0 Å². The zero-order valence-electron chi connectivity index (χ0n) is 13.9. The summed E-state index contributed by atoms with van der Waals surface area (Å²) in [6, 6.07) is 9.86. The Morgan fingerprint density at radius 2 is 1.57 bits per heavy atom. The van der Waals surface area contributed by atoms with Gasteiger partial charge in [0.05, 0.1) is 11.5 Å². The molecule has 0 amide bonds. The maximum atomic E-state index is 12.2. The number of carbonyl (C=O) groups excluding carboxylic acids is 1. The smallest absolute Gasteiger partial charge is 0.0863 e. The molecule has 0 saturated heterocycles. The van der Waals surface area contributed by atoms with Crippen molar-refractivity contribution in [1.29, 1.82) is 0 Å². The minimum absolute atomic E-state index is 0.179. The van der Waals surface area contributed by atoms with E-state index in [9.17, 15) is 9.90 Å². The standard InChI is InChI=1S/C18H29NO2/c1-6-14(4)19(15(5)7-2)18(8-3,17(20)21)16-12-10-9-11-13-16/h9-15H,6-8H2,1-5H3,(H,20,21)/p-1. The second-order valence-electron chi connectivity index (χ2n) is 5.79. The fourth-order valence-electron chi connectivity index (χ4n) is 3.20. The van der Waals surface area contributed by atoms with Gasteiger partial charge in [0.1, 0.15) is 0 Å². The highest BCUT2D eigenvalue weighted by atomic mass is 16.4. The fourth-order valence-corrected chi connectivity index (χ4v) is 3.20. The van der Waals surface area contributed by atoms with Crippen LogP contribution in [0.15, 0.2) is 30.3 Å². The molecule has 1 aromatic carbocycles. The Bertz CT molecular complexity index is 436. The molecule has 3 nitrogen and oxygen atoms in total. The first-order valence-corrected chi connectivity index (χ1v) is 8.01. The van der Waals surface area contributed by atoms with Crippen molar-refractivity contribution < 1.29 is 9.90 Å². The second kappa shape index (κ2) is 7.60. The van der Waals surface area contributed by atoms with E-state index in [-0.39, 0.29) is 12.1 Å². The average Bonchev–Trinajstić information content (AvgIpc) is 2.51. The van der Waals surface area contributed by atoms with E-state index in [2.05, 4.69) is 32.6 Å². The number of hydrogen-bond acceptors (Lipinski definition) is 3. The van der Waals surface area contributed by atoms with Gasteiger partial charge in [0, 0.05) is 12.1 Å². The fraction of sp³-hybridized carbons (Fsp3) is 0.611. The maximum Gasteiger partial charge on any atom is 0.0863 e. The Kier molecular flexibility index (Phi) is 6.41. The third-order valence-corrected chi connectivity index (χ3v) is 4.67. The van der Waals surface area contributed by atoms with Crippen LogP contribution in [-0.4, -0.2) is 23.0 Å². The summed E-state index contributed by atoms with van der Waals surface area (Å²) in [7, 11) is 0. The van der Waals surface area contributed by atoms with Crippen molar-refractivity contribution in [2.45, 2.75) is 71.5 Å². The Morgan fingerprint density at radius 3 is 1.90 bits per heavy atom. The zero-order valence-corrected chi connectivity index (χ0v) is 13.9. The molecule has 3 heteroatoms. The number of carboxylic acid groups (broad SMARTS) is 1.